The molecule has 1 aromatic heterocycles. The molecule has 1 rings (SSSR count). The van der Waals surface area contributed by atoms with Gasteiger partial charge in [-0.3, -0.25) is 4.99 Å². The van der Waals surface area contributed by atoms with E-state index in [2.05, 4.69) is 9.98 Å². The lowest BCUT2D eigenvalue weighted by molar-refractivity contribution is -0.129. The molecule has 0 aliphatic rings. The number of carboxylic acid groups (broad SMARTS) is 1. The van der Waals surface area contributed by atoms with Crippen LogP contribution in [-0.2, 0) is 4.79 Å². The monoisotopic (exact) mass is 185 g/mol. The van der Waals surface area contributed by atoms with Gasteiger partial charge in [-0.15, -0.1) is 11.3 Å². The van der Waals surface area contributed by atoms with Crippen LogP contribution in [0.25, 0.3) is 0 Å². The van der Waals surface area contributed by atoms with Crippen molar-refractivity contribution in [1.82, 2.24) is 4.98 Å². The van der Waals surface area contributed by atoms with Crippen molar-refractivity contribution in [1.29, 1.82) is 0 Å². The van der Waals surface area contributed by atoms with Crippen molar-refractivity contribution in [2.45, 2.75) is 0 Å². The topological polar surface area (TPSA) is 88.6 Å². The Morgan fingerprint density at radius 1 is 1.83 bits per heavy atom. The Bertz CT molecular complexity index is 331. The maximum atomic E-state index is 10.5. The first-order valence-corrected chi connectivity index (χ1v) is 3.94. The van der Waals surface area contributed by atoms with E-state index >= 15 is 0 Å². The molecule has 0 amide bonds. The van der Waals surface area contributed by atoms with Crippen LogP contribution in [0.5, 0.6) is 0 Å². The highest BCUT2D eigenvalue weighted by molar-refractivity contribution is 7.13. The van der Waals surface area contributed by atoms with Gasteiger partial charge in [0.2, 0.25) is 0 Å². The Labute approximate surface area is 72.6 Å². The normalized spacial score (nSPS) is 11.6. The smallest absolute Gasteiger partial charge is 0.356 e. The third-order valence-electron chi connectivity index (χ3n) is 1.19. The molecular formula is C6H7N3O2S. The average Bonchev–Trinajstić information content (AvgIpc) is 2.37. The average molecular weight is 185 g/mol. The number of nitrogen functional groups attached to an aromatic ring is 1. The number of anilines is 1. The number of aromatic nitrogens is 1. The van der Waals surface area contributed by atoms with Crippen LogP contribution in [0, 0.1) is 0 Å². The van der Waals surface area contributed by atoms with Crippen molar-refractivity contribution in [3.63, 3.8) is 0 Å². The zero-order valence-corrected chi connectivity index (χ0v) is 7.13. The molecule has 0 bridgehead atoms. The Balaban J connectivity index is 3.04. The first-order valence-electron chi connectivity index (χ1n) is 3.06. The first-order chi connectivity index (χ1) is 5.65. The number of nitrogens with two attached hydrogens (primary N) is 1. The molecule has 1 aromatic rings. The number of hydrogen-bond acceptors (Lipinski definition) is 5. The highest BCUT2D eigenvalue weighted by Gasteiger charge is 2.13. The molecule has 3 N–H and O–H groups in total. The molecule has 0 fully saturated rings. The van der Waals surface area contributed by atoms with Gasteiger partial charge in [0.15, 0.2) is 10.8 Å². The van der Waals surface area contributed by atoms with E-state index < -0.39 is 5.97 Å². The Morgan fingerprint density at radius 3 is 2.83 bits per heavy atom. The number of carboxylic acids is 1. The van der Waals surface area contributed by atoms with Crippen LogP contribution in [0.3, 0.4) is 0 Å². The molecule has 12 heavy (non-hydrogen) atoms. The molecule has 0 aliphatic heterocycles. The first kappa shape index (κ1) is 8.66. The molecule has 0 saturated heterocycles. The minimum atomic E-state index is -1.09. The Hall–Kier alpha value is -1.43. The van der Waals surface area contributed by atoms with E-state index in [9.17, 15) is 4.79 Å². The predicted octanol–water partition coefficient (Wildman–Crippen LogP) is 0.229. The molecule has 0 aliphatic carbocycles. The molecule has 64 valence electrons. The van der Waals surface area contributed by atoms with Crippen LogP contribution in [0.15, 0.2) is 10.4 Å². The molecule has 0 radical (unpaired) electrons. The highest BCUT2D eigenvalue weighted by atomic mass is 32.1. The van der Waals surface area contributed by atoms with Gasteiger partial charge in [0.25, 0.3) is 0 Å². The molecule has 0 atom stereocenters. The number of aliphatic imine (C=N–C) groups is 1. The fraction of sp³-hybridized carbons (Fsp3) is 0.167. The molecule has 1 heterocycles. The van der Waals surface area contributed by atoms with Crippen molar-refractivity contribution in [3.8, 4) is 0 Å². The lowest BCUT2D eigenvalue weighted by Crippen LogP contribution is -2.14. The quantitative estimate of drug-likeness (QED) is 0.645. The molecule has 0 saturated carbocycles. The standard InChI is InChI=1S/C6H7N3O2S/c1-8-4(5(10)11)3-2-12-6(7)9-3/h2H,1H3,(H2,7,9)(H,10,11)/b8-4-. The van der Waals surface area contributed by atoms with Crippen molar-refractivity contribution in [3.05, 3.63) is 11.1 Å². The third-order valence-corrected chi connectivity index (χ3v) is 1.86. The summed E-state index contributed by atoms with van der Waals surface area (Å²) in [4.78, 5) is 17.9. The molecule has 5 nitrogen and oxygen atoms in total. The van der Waals surface area contributed by atoms with Crippen molar-refractivity contribution >= 4 is 28.1 Å². The van der Waals surface area contributed by atoms with Gasteiger partial charge in [-0.05, 0) is 0 Å². The van der Waals surface area contributed by atoms with Gasteiger partial charge in [-0.1, -0.05) is 0 Å². The predicted molar refractivity (Wildman–Crippen MR) is 46.6 cm³/mol. The van der Waals surface area contributed by atoms with Gasteiger partial charge < -0.3 is 10.8 Å². The minimum Gasteiger partial charge on any atom is -0.476 e. The fourth-order valence-corrected chi connectivity index (χ4v) is 1.26. The zero-order valence-electron chi connectivity index (χ0n) is 6.31. The van der Waals surface area contributed by atoms with E-state index in [0.717, 1.165) is 0 Å². The number of hydrogen-bond donors (Lipinski definition) is 2. The zero-order chi connectivity index (χ0) is 9.14. The van der Waals surface area contributed by atoms with E-state index in [0.29, 0.717) is 10.8 Å². The van der Waals surface area contributed by atoms with Crippen LogP contribution < -0.4 is 5.73 Å². The second-order valence-corrected chi connectivity index (χ2v) is 2.84. The molecule has 0 aromatic carbocycles. The lowest BCUT2D eigenvalue weighted by Gasteiger charge is -1.92. The highest BCUT2D eigenvalue weighted by Crippen LogP contribution is 2.11. The van der Waals surface area contributed by atoms with Crippen molar-refractivity contribution < 1.29 is 9.90 Å². The minimum absolute atomic E-state index is 0.0667. The van der Waals surface area contributed by atoms with E-state index in [1.54, 1.807) is 5.38 Å². The van der Waals surface area contributed by atoms with Crippen LogP contribution in [-0.4, -0.2) is 28.8 Å². The Morgan fingerprint density at radius 2 is 2.50 bits per heavy atom. The van der Waals surface area contributed by atoms with Crippen molar-refractivity contribution in [2.75, 3.05) is 12.8 Å². The summed E-state index contributed by atoms with van der Waals surface area (Å²) in [7, 11) is 1.40. The van der Waals surface area contributed by atoms with Crippen molar-refractivity contribution in [2.24, 2.45) is 4.99 Å². The van der Waals surface area contributed by atoms with Gasteiger partial charge in [-0.25, -0.2) is 9.78 Å². The van der Waals surface area contributed by atoms with Crippen LogP contribution in [0.4, 0.5) is 5.13 Å². The summed E-state index contributed by atoms with van der Waals surface area (Å²) in [6.45, 7) is 0. The number of aliphatic carboxylic acids is 1. The lowest BCUT2D eigenvalue weighted by atomic mass is 10.3. The number of thiazole rings is 1. The third kappa shape index (κ3) is 1.59. The molecule has 0 spiro atoms. The second-order valence-electron chi connectivity index (χ2n) is 1.95. The maximum absolute atomic E-state index is 10.5. The van der Waals surface area contributed by atoms with Crippen LogP contribution >= 0.6 is 11.3 Å². The number of carbonyl (C=O) groups is 1. The second kappa shape index (κ2) is 3.31. The van der Waals surface area contributed by atoms with E-state index in [1.165, 1.54) is 18.4 Å². The van der Waals surface area contributed by atoms with E-state index in [-0.39, 0.29) is 5.71 Å². The van der Waals surface area contributed by atoms with Gasteiger partial charge >= 0.3 is 5.97 Å². The van der Waals surface area contributed by atoms with Gasteiger partial charge in [0.05, 0.1) is 0 Å². The maximum Gasteiger partial charge on any atom is 0.356 e. The summed E-state index contributed by atoms with van der Waals surface area (Å²) in [5, 5.41) is 10.5. The molecular weight excluding hydrogens is 178 g/mol. The fourth-order valence-electron chi connectivity index (χ4n) is 0.716. The van der Waals surface area contributed by atoms with Gasteiger partial charge in [-0.2, -0.15) is 0 Å². The summed E-state index contributed by atoms with van der Waals surface area (Å²) in [5.74, 6) is -1.09. The van der Waals surface area contributed by atoms with Crippen LogP contribution in [0.1, 0.15) is 5.69 Å². The summed E-state index contributed by atoms with van der Waals surface area (Å²) in [6.07, 6.45) is 0. The van der Waals surface area contributed by atoms with E-state index in [1.807, 2.05) is 0 Å². The summed E-state index contributed by atoms with van der Waals surface area (Å²) in [6, 6.07) is 0. The SMILES string of the molecule is C/N=C(\C(=O)O)c1csc(N)n1. The molecule has 0 unspecified atom stereocenters. The van der Waals surface area contributed by atoms with E-state index in [4.69, 9.17) is 10.8 Å². The summed E-state index contributed by atoms with van der Waals surface area (Å²) in [5.41, 5.74) is 5.58. The number of nitrogens with zero attached hydrogens (tertiary/aromatic N) is 2. The van der Waals surface area contributed by atoms with Gasteiger partial charge in [0.1, 0.15) is 5.69 Å². The van der Waals surface area contributed by atoms with Gasteiger partial charge in [0, 0.05) is 12.4 Å². The summed E-state index contributed by atoms with van der Waals surface area (Å²) >= 11 is 1.19. The van der Waals surface area contributed by atoms with Crippen LogP contribution in [0.2, 0.25) is 0 Å². The Kier molecular flexibility index (Phi) is 2.39. The molecule has 6 heteroatoms. The largest absolute Gasteiger partial charge is 0.476 e. The summed E-state index contributed by atoms with van der Waals surface area (Å²) < 4.78 is 0. The number of rotatable bonds is 2.